The number of hydrogen-bond acceptors (Lipinski definition) is 2. The zero-order chi connectivity index (χ0) is 13.7. The molecule has 1 aliphatic carbocycles. The Morgan fingerprint density at radius 3 is 2.58 bits per heavy atom. The summed E-state index contributed by atoms with van der Waals surface area (Å²) in [4.78, 5) is 0. The molecule has 19 heavy (non-hydrogen) atoms. The van der Waals surface area contributed by atoms with Crippen molar-refractivity contribution in [3.63, 3.8) is 0 Å². The summed E-state index contributed by atoms with van der Waals surface area (Å²) in [5, 5.41) is 0.756. The Bertz CT molecular complexity index is 363. The van der Waals surface area contributed by atoms with Crippen molar-refractivity contribution in [2.24, 2.45) is 17.6 Å². The first-order valence-electron chi connectivity index (χ1n) is 7.57. The molecule has 106 valence electrons. The quantitative estimate of drug-likeness (QED) is 0.869. The van der Waals surface area contributed by atoms with E-state index in [0.717, 1.165) is 29.5 Å². The first-order valence-corrected chi connectivity index (χ1v) is 8.62. The standard InChI is InChI=1S/C17H27NS/c1-13(2)12-19-17-10-15(8-9-16(17)11-18)14-6-4-3-5-7-14/h3-7,13,15-17H,8-12,18H2,1-2H3. The minimum absolute atomic E-state index is 0.726. The van der Waals surface area contributed by atoms with E-state index in [0.29, 0.717) is 0 Å². The molecule has 1 aromatic carbocycles. The van der Waals surface area contributed by atoms with E-state index < -0.39 is 0 Å². The smallest absolute Gasteiger partial charge is 0.00932 e. The number of hydrogen-bond donors (Lipinski definition) is 1. The Morgan fingerprint density at radius 1 is 1.21 bits per heavy atom. The monoisotopic (exact) mass is 277 g/mol. The average molecular weight is 277 g/mol. The summed E-state index contributed by atoms with van der Waals surface area (Å²) in [5.74, 6) is 3.51. The predicted octanol–water partition coefficient (Wildman–Crippen LogP) is 4.29. The maximum absolute atomic E-state index is 5.97. The van der Waals surface area contributed by atoms with Gasteiger partial charge in [-0.05, 0) is 54.9 Å². The summed E-state index contributed by atoms with van der Waals surface area (Å²) >= 11 is 2.16. The predicted molar refractivity (Wildman–Crippen MR) is 86.7 cm³/mol. The van der Waals surface area contributed by atoms with Crippen molar-refractivity contribution in [1.29, 1.82) is 0 Å². The van der Waals surface area contributed by atoms with E-state index in [1.807, 2.05) is 0 Å². The molecule has 3 unspecified atom stereocenters. The van der Waals surface area contributed by atoms with E-state index in [1.54, 1.807) is 0 Å². The first-order chi connectivity index (χ1) is 9.20. The zero-order valence-electron chi connectivity index (χ0n) is 12.2. The molecule has 2 rings (SSSR count). The van der Waals surface area contributed by atoms with Crippen molar-refractivity contribution in [3.8, 4) is 0 Å². The van der Waals surface area contributed by atoms with Crippen LogP contribution in [0.4, 0.5) is 0 Å². The van der Waals surface area contributed by atoms with Gasteiger partial charge in [0.2, 0.25) is 0 Å². The van der Waals surface area contributed by atoms with Gasteiger partial charge in [-0.15, -0.1) is 0 Å². The maximum atomic E-state index is 5.97. The summed E-state index contributed by atoms with van der Waals surface area (Å²) < 4.78 is 0. The van der Waals surface area contributed by atoms with Crippen molar-refractivity contribution >= 4 is 11.8 Å². The number of thioether (sulfide) groups is 1. The largest absolute Gasteiger partial charge is 0.330 e. The van der Waals surface area contributed by atoms with Crippen LogP contribution in [0.15, 0.2) is 30.3 Å². The lowest BCUT2D eigenvalue weighted by Gasteiger charge is -2.36. The molecule has 0 saturated heterocycles. The number of nitrogens with two attached hydrogens (primary N) is 1. The summed E-state index contributed by atoms with van der Waals surface area (Å²) in [6, 6.07) is 11.0. The molecule has 1 aromatic rings. The van der Waals surface area contributed by atoms with Crippen LogP contribution in [0.1, 0.15) is 44.6 Å². The highest BCUT2D eigenvalue weighted by molar-refractivity contribution is 7.99. The van der Waals surface area contributed by atoms with Crippen LogP contribution in [0.5, 0.6) is 0 Å². The second kappa shape index (κ2) is 7.35. The van der Waals surface area contributed by atoms with Gasteiger partial charge in [-0.1, -0.05) is 44.2 Å². The minimum Gasteiger partial charge on any atom is -0.330 e. The molecule has 1 aliphatic rings. The summed E-state index contributed by atoms with van der Waals surface area (Å²) in [5.41, 5.74) is 7.49. The van der Waals surface area contributed by atoms with Gasteiger partial charge in [-0.25, -0.2) is 0 Å². The van der Waals surface area contributed by atoms with Gasteiger partial charge < -0.3 is 5.73 Å². The second-order valence-electron chi connectivity index (χ2n) is 6.18. The van der Waals surface area contributed by atoms with Gasteiger partial charge in [0.15, 0.2) is 0 Å². The third-order valence-corrected chi connectivity index (χ3v) is 6.01. The van der Waals surface area contributed by atoms with E-state index in [-0.39, 0.29) is 0 Å². The molecular weight excluding hydrogens is 250 g/mol. The van der Waals surface area contributed by atoms with E-state index >= 15 is 0 Å². The summed E-state index contributed by atoms with van der Waals surface area (Å²) in [6.07, 6.45) is 3.92. The van der Waals surface area contributed by atoms with E-state index in [1.165, 1.54) is 30.6 Å². The molecule has 0 heterocycles. The Balaban J connectivity index is 1.99. The van der Waals surface area contributed by atoms with Crippen LogP contribution in [0.25, 0.3) is 0 Å². The van der Waals surface area contributed by atoms with Crippen molar-refractivity contribution in [2.75, 3.05) is 12.3 Å². The average Bonchev–Trinajstić information content (AvgIpc) is 2.45. The van der Waals surface area contributed by atoms with Crippen molar-refractivity contribution in [2.45, 2.75) is 44.3 Å². The van der Waals surface area contributed by atoms with Crippen molar-refractivity contribution < 1.29 is 0 Å². The highest BCUT2D eigenvalue weighted by Gasteiger charge is 2.30. The van der Waals surface area contributed by atoms with Crippen LogP contribution in [-0.2, 0) is 0 Å². The molecule has 1 saturated carbocycles. The molecule has 1 nitrogen and oxygen atoms in total. The van der Waals surface area contributed by atoms with Crippen LogP contribution in [-0.4, -0.2) is 17.5 Å². The number of rotatable bonds is 5. The first kappa shape index (κ1) is 14.9. The van der Waals surface area contributed by atoms with Gasteiger partial charge in [-0.3, -0.25) is 0 Å². The molecule has 0 spiro atoms. The van der Waals surface area contributed by atoms with Gasteiger partial charge in [0.25, 0.3) is 0 Å². The van der Waals surface area contributed by atoms with E-state index in [2.05, 4.69) is 55.9 Å². The second-order valence-corrected chi connectivity index (χ2v) is 7.45. The molecular formula is C17H27NS. The lowest BCUT2D eigenvalue weighted by atomic mass is 9.78. The van der Waals surface area contributed by atoms with E-state index in [4.69, 9.17) is 5.73 Å². The normalized spacial score (nSPS) is 27.7. The van der Waals surface area contributed by atoms with Crippen molar-refractivity contribution in [1.82, 2.24) is 0 Å². The molecule has 0 aromatic heterocycles. The molecule has 1 fully saturated rings. The molecule has 2 heteroatoms. The van der Waals surface area contributed by atoms with Crippen LogP contribution in [0, 0.1) is 11.8 Å². The Morgan fingerprint density at radius 2 is 1.95 bits per heavy atom. The fraction of sp³-hybridized carbons (Fsp3) is 0.647. The van der Waals surface area contributed by atoms with Gasteiger partial charge in [0.1, 0.15) is 0 Å². The van der Waals surface area contributed by atoms with Gasteiger partial charge in [0, 0.05) is 5.25 Å². The zero-order valence-corrected chi connectivity index (χ0v) is 13.0. The SMILES string of the molecule is CC(C)CSC1CC(c2ccccc2)CCC1CN. The van der Waals surface area contributed by atoms with Gasteiger partial charge in [0.05, 0.1) is 0 Å². The maximum Gasteiger partial charge on any atom is 0.00932 e. The summed E-state index contributed by atoms with van der Waals surface area (Å²) in [6.45, 7) is 5.47. The molecule has 0 amide bonds. The van der Waals surface area contributed by atoms with Gasteiger partial charge in [-0.2, -0.15) is 11.8 Å². The molecule has 2 N–H and O–H groups in total. The third kappa shape index (κ3) is 4.25. The lowest BCUT2D eigenvalue weighted by Crippen LogP contribution is -2.32. The lowest BCUT2D eigenvalue weighted by molar-refractivity contribution is 0.343. The Labute approximate surface area is 122 Å². The number of benzene rings is 1. The fourth-order valence-corrected chi connectivity index (χ4v) is 4.53. The highest BCUT2D eigenvalue weighted by Crippen LogP contribution is 2.41. The minimum atomic E-state index is 0.726. The van der Waals surface area contributed by atoms with Crippen LogP contribution < -0.4 is 5.73 Å². The molecule has 3 atom stereocenters. The molecule has 0 bridgehead atoms. The highest BCUT2D eigenvalue weighted by atomic mass is 32.2. The van der Waals surface area contributed by atoms with E-state index in [9.17, 15) is 0 Å². The molecule has 0 radical (unpaired) electrons. The summed E-state index contributed by atoms with van der Waals surface area (Å²) in [7, 11) is 0. The molecule has 0 aliphatic heterocycles. The van der Waals surface area contributed by atoms with Crippen molar-refractivity contribution in [3.05, 3.63) is 35.9 Å². The van der Waals surface area contributed by atoms with Crippen LogP contribution in [0.3, 0.4) is 0 Å². The third-order valence-electron chi connectivity index (χ3n) is 4.15. The fourth-order valence-electron chi connectivity index (χ4n) is 3.01. The van der Waals surface area contributed by atoms with Crippen LogP contribution >= 0.6 is 11.8 Å². The topological polar surface area (TPSA) is 26.0 Å². The Hall–Kier alpha value is -0.470. The van der Waals surface area contributed by atoms with Crippen LogP contribution in [0.2, 0.25) is 0 Å². The Kier molecular flexibility index (Phi) is 5.77. The van der Waals surface area contributed by atoms with Gasteiger partial charge >= 0.3 is 0 Å².